The van der Waals surface area contributed by atoms with E-state index >= 15 is 0 Å². The highest BCUT2D eigenvalue weighted by Gasteiger charge is 2.13. The summed E-state index contributed by atoms with van der Waals surface area (Å²) in [6, 6.07) is 15.0. The van der Waals surface area contributed by atoms with Gasteiger partial charge in [0.2, 0.25) is 11.8 Å². The molecule has 122 valence electrons. The van der Waals surface area contributed by atoms with E-state index in [1.807, 2.05) is 48.5 Å². The molecule has 0 saturated heterocycles. The van der Waals surface area contributed by atoms with Crippen LogP contribution in [0.25, 0.3) is 11.5 Å². The number of hydrogen-bond donors (Lipinski definition) is 1. The van der Waals surface area contributed by atoms with Crippen LogP contribution in [0.4, 0.5) is 5.69 Å². The number of aromatic nitrogens is 2. The molecule has 8 heteroatoms. The largest absolute Gasteiger partial charge is 0.411 e. The zero-order valence-corrected chi connectivity index (χ0v) is 16.2. The van der Waals surface area contributed by atoms with Crippen LogP contribution in [0.15, 0.2) is 67.1 Å². The molecule has 3 rings (SSSR count). The summed E-state index contributed by atoms with van der Waals surface area (Å²) in [4.78, 5) is 12.0. The molecule has 0 aliphatic heterocycles. The Morgan fingerprint density at radius 1 is 1.08 bits per heavy atom. The first kappa shape index (κ1) is 17.2. The maximum Gasteiger partial charge on any atom is 0.277 e. The van der Waals surface area contributed by atoms with Crippen molar-refractivity contribution in [2.75, 3.05) is 11.1 Å². The molecule has 5 nitrogen and oxygen atoms in total. The molecule has 0 spiro atoms. The summed E-state index contributed by atoms with van der Waals surface area (Å²) in [5, 5.41) is 11.1. The van der Waals surface area contributed by atoms with Gasteiger partial charge in [0.05, 0.1) is 11.3 Å². The van der Waals surface area contributed by atoms with Crippen molar-refractivity contribution in [3.05, 3.63) is 57.5 Å². The second kappa shape index (κ2) is 7.96. The Morgan fingerprint density at radius 2 is 1.83 bits per heavy atom. The molecule has 0 atom stereocenters. The first-order chi connectivity index (χ1) is 11.6. The molecule has 1 aromatic heterocycles. The van der Waals surface area contributed by atoms with Gasteiger partial charge in [-0.2, -0.15) is 0 Å². The Morgan fingerprint density at radius 3 is 2.58 bits per heavy atom. The first-order valence-electron chi connectivity index (χ1n) is 6.88. The van der Waals surface area contributed by atoms with E-state index in [4.69, 9.17) is 4.42 Å². The van der Waals surface area contributed by atoms with Gasteiger partial charge in [0, 0.05) is 14.6 Å². The fraction of sp³-hybridized carbons (Fsp3) is 0.0625. The lowest BCUT2D eigenvalue weighted by molar-refractivity contribution is -0.113. The minimum atomic E-state index is -0.136. The van der Waals surface area contributed by atoms with E-state index in [-0.39, 0.29) is 11.7 Å². The van der Waals surface area contributed by atoms with Crippen LogP contribution in [0.1, 0.15) is 0 Å². The number of amides is 1. The van der Waals surface area contributed by atoms with Crippen LogP contribution < -0.4 is 5.32 Å². The number of nitrogens with zero attached hydrogens (tertiary/aromatic N) is 2. The molecular formula is C16H11Br2N3O2S. The number of rotatable bonds is 5. The number of thioether (sulfide) groups is 1. The Balaban J connectivity index is 1.58. The highest BCUT2D eigenvalue weighted by Crippen LogP contribution is 2.29. The molecule has 24 heavy (non-hydrogen) atoms. The third-order valence-electron chi connectivity index (χ3n) is 2.97. The van der Waals surface area contributed by atoms with Crippen molar-refractivity contribution in [2.45, 2.75) is 5.22 Å². The predicted molar refractivity (Wildman–Crippen MR) is 101 cm³/mol. The lowest BCUT2D eigenvalue weighted by atomic mass is 10.2. The minimum absolute atomic E-state index is 0.136. The second-order valence-corrected chi connectivity index (χ2v) is 7.39. The topological polar surface area (TPSA) is 68.0 Å². The molecular weight excluding hydrogens is 458 g/mol. The van der Waals surface area contributed by atoms with Crippen molar-refractivity contribution in [3.63, 3.8) is 0 Å². The van der Waals surface area contributed by atoms with E-state index in [2.05, 4.69) is 47.4 Å². The number of carbonyl (C=O) groups is 1. The number of hydrogen-bond acceptors (Lipinski definition) is 5. The summed E-state index contributed by atoms with van der Waals surface area (Å²) in [6.07, 6.45) is 0. The number of halogens is 2. The van der Waals surface area contributed by atoms with Crippen LogP contribution in [0.3, 0.4) is 0 Å². The van der Waals surface area contributed by atoms with E-state index in [1.165, 1.54) is 11.8 Å². The van der Waals surface area contributed by atoms with Crippen LogP contribution in [-0.4, -0.2) is 21.9 Å². The van der Waals surface area contributed by atoms with Crippen LogP contribution in [0, 0.1) is 0 Å². The van der Waals surface area contributed by atoms with Crippen molar-refractivity contribution in [1.82, 2.24) is 10.2 Å². The first-order valence-corrected chi connectivity index (χ1v) is 9.45. The van der Waals surface area contributed by atoms with Gasteiger partial charge in [-0.05, 0) is 52.3 Å². The molecule has 2 aromatic carbocycles. The fourth-order valence-corrected chi connectivity index (χ4v) is 3.15. The van der Waals surface area contributed by atoms with Crippen molar-refractivity contribution < 1.29 is 9.21 Å². The van der Waals surface area contributed by atoms with Gasteiger partial charge >= 0.3 is 0 Å². The molecule has 0 fully saturated rings. The van der Waals surface area contributed by atoms with E-state index in [0.717, 1.165) is 20.2 Å². The molecule has 0 bridgehead atoms. The molecule has 1 N–H and O–H groups in total. The standard InChI is InChI=1S/C16H11Br2N3O2S/c17-10-5-7-11(8-6-10)19-14(22)9-24-16-21-20-15(23-16)12-3-1-2-4-13(12)18/h1-8H,9H2,(H,19,22). The predicted octanol–water partition coefficient (Wildman–Crippen LogP) is 4.99. The highest BCUT2D eigenvalue weighted by atomic mass is 79.9. The van der Waals surface area contributed by atoms with Crippen LogP contribution >= 0.6 is 43.6 Å². The second-order valence-electron chi connectivity index (χ2n) is 4.70. The Labute approximate surface area is 159 Å². The van der Waals surface area contributed by atoms with Gasteiger partial charge in [0.15, 0.2) is 0 Å². The Bertz CT molecular complexity index is 853. The molecule has 0 unspecified atom stereocenters. The van der Waals surface area contributed by atoms with Gasteiger partial charge < -0.3 is 9.73 Å². The van der Waals surface area contributed by atoms with E-state index in [0.29, 0.717) is 11.1 Å². The summed E-state index contributed by atoms with van der Waals surface area (Å²) in [6.45, 7) is 0. The summed E-state index contributed by atoms with van der Waals surface area (Å²) >= 11 is 7.99. The molecule has 0 aliphatic rings. The summed E-state index contributed by atoms with van der Waals surface area (Å²) in [5.41, 5.74) is 1.55. The van der Waals surface area contributed by atoms with Crippen molar-refractivity contribution >= 4 is 55.2 Å². The van der Waals surface area contributed by atoms with Crippen LogP contribution in [-0.2, 0) is 4.79 Å². The van der Waals surface area contributed by atoms with Gasteiger partial charge in [-0.25, -0.2) is 0 Å². The zero-order chi connectivity index (χ0) is 16.9. The molecule has 0 saturated carbocycles. The third kappa shape index (κ3) is 4.46. The quantitative estimate of drug-likeness (QED) is 0.534. The van der Waals surface area contributed by atoms with Gasteiger partial charge in [-0.1, -0.05) is 39.8 Å². The lowest BCUT2D eigenvalue weighted by Gasteiger charge is -2.03. The summed E-state index contributed by atoms with van der Waals surface area (Å²) in [7, 11) is 0. The van der Waals surface area contributed by atoms with Gasteiger partial charge in [0.25, 0.3) is 5.22 Å². The van der Waals surface area contributed by atoms with Gasteiger partial charge in [0.1, 0.15) is 0 Å². The molecule has 0 radical (unpaired) electrons. The lowest BCUT2D eigenvalue weighted by Crippen LogP contribution is -2.13. The smallest absolute Gasteiger partial charge is 0.277 e. The maximum atomic E-state index is 12.0. The van der Waals surface area contributed by atoms with Crippen molar-refractivity contribution in [2.24, 2.45) is 0 Å². The number of carbonyl (C=O) groups excluding carboxylic acids is 1. The molecule has 0 aliphatic carbocycles. The minimum Gasteiger partial charge on any atom is -0.411 e. The normalized spacial score (nSPS) is 10.6. The van der Waals surface area contributed by atoms with E-state index in [1.54, 1.807) is 0 Å². The van der Waals surface area contributed by atoms with Crippen LogP contribution in [0.5, 0.6) is 0 Å². The van der Waals surface area contributed by atoms with Gasteiger partial charge in [-0.15, -0.1) is 10.2 Å². The number of anilines is 1. The highest BCUT2D eigenvalue weighted by molar-refractivity contribution is 9.10. The van der Waals surface area contributed by atoms with Crippen molar-refractivity contribution in [1.29, 1.82) is 0 Å². The number of nitrogens with one attached hydrogen (secondary N) is 1. The van der Waals surface area contributed by atoms with Gasteiger partial charge in [-0.3, -0.25) is 4.79 Å². The average molecular weight is 469 g/mol. The summed E-state index contributed by atoms with van der Waals surface area (Å²) < 4.78 is 7.42. The fourth-order valence-electron chi connectivity index (χ4n) is 1.87. The Kier molecular flexibility index (Phi) is 5.70. The number of benzene rings is 2. The zero-order valence-electron chi connectivity index (χ0n) is 12.2. The third-order valence-corrected chi connectivity index (χ3v) is 5.00. The van der Waals surface area contributed by atoms with E-state index < -0.39 is 0 Å². The van der Waals surface area contributed by atoms with E-state index in [9.17, 15) is 4.79 Å². The monoisotopic (exact) mass is 467 g/mol. The average Bonchev–Trinajstić information content (AvgIpc) is 3.04. The summed E-state index contributed by atoms with van der Waals surface area (Å²) in [5.74, 6) is 0.467. The molecule has 3 aromatic rings. The SMILES string of the molecule is O=C(CSc1nnc(-c2ccccc2Br)o1)Nc1ccc(Br)cc1. The molecule has 1 amide bonds. The molecule has 1 heterocycles. The maximum absolute atomic E-state index is 12.0. The Hall–Kier alpha value is -1.64. The van der Waals surface area contributed by atoms with Crippen LogP contribution in [0.2, 0.25) is 0 Å². The van der Waals surface area contributed by atoms with Crippen molar-refractivity contribution in [3.8, 4) is 11.5 Å².